The summed E-state index contributed by atoms with van der Waals surface area (Å²) < 4.78 is 0. The van der Waals surface area contributed by atoms with Crippen LogP contribution in [0, 0.1) is 5.92 Å². The third-order valence-electron chi connectivity index (χ3n) is 4.82. The molecule has 3 nitrogen and oxygen atoms in total. The Bertz CT molecular complexity index is 596. The Balaban J connectivity index is 2.35. The summed E-state index contributed by atoms with van der Waals surface area (Å²) in [5.41, 5.74) is 1.09. The highest BCUT2D eigenvalue weighted by molar-refractivity contribution is 6.30. The molecule has 24 heavy (non-hydrogen) atoms. The summed E-state index contributed by atoms with van der Waals surface area (Å²) in [5.74, 6) is 0.247. The number of allylic oxidation sites excluding steroid dienone is 1. The maximum absolute atomic E-state index is 13.1. The van der Waals surface area contributed by atoms with E-state index in [1.54, 1.807) is 6.92 Å². The van der Waals surface area contributed by atoms with Gasteiger partial charge in [-0.3, -0.25) is 9.59 Å². The normalized spacial score (nSPS) is 22.3. The van der Waals surface area contributed by atoms with Crippen molar-refractivity contribution in [3.8, 4) is 0 Å². The molecule has 0 aromatic heterocycles. The lowest BCUT2D eigenvalue weighted by atomic mass is 9.84. The van der Waals surface area contributed by atoms with Crippen molar-refractivity contribution in [3.05, 3.63) is 47.5 Å². The van der Waals surface area contributed by atoms with Gasteiger partial charge in [-0.2, -0.15) is 0 Å². The Hall–Kier alpha value is -1.61. The Labute approximate surface area is 149 Å². The molecule has 0 radical (unpaired) electrons. The van der Waals surface area contributed by atoms with E-state index in [2.05, 4.69) is 6.58 Å². The first-order valence-electron chi connectivity index (χ1n) is 8.65. The van der Waals surface area contributed by atoms with Gasteiger partial charge < -0.3 is 4.90 Å². The van der Waals surface area contributed by atoms with Gasteiger partial charge in [0.15, 0.2) is 0 Å². The van der Waals surface area contributed by atoms with Crippen molar-refractivity contribution in [2.45, 2.75) is 58.0 Å². The zero-order valence-electron chi connectivity index (χ0n) is 14.5. The van der Waals surface area contributed by atoms with E-state index < -0.39 is 0 Å². The Kier molecular flexibility index (Phi) is 6.61. The van der Waals surface area contributed by atoms with Gasteiger partial charge in [-0.15, -0.1) is 6.58 Å². The molecule has 0 bridgehead atoms. The maximum atomic E-state index is 13.1. The summed E-state index contributed by atoms with van der Waals surface area (Å²) in [6, 6.07) is 7.66. The fourth-order valence-corrected chi connectivity index (χ4v) is 3.75. The van der Waals surface area contributed by atoms with Crippen LogP contribution in [0.15, 0.2) is 36.9 Å². The monoisotopic (exact) mass is 347 g/mol. The molecule has 1 saturated heterocycles. The number of rotatable bonds is 7. The molecule has 1 aliphatic heterocycles. The third kappa shape index (κ3) is 4.27. The molecule has 1 aromatic rings. The first kappa shape index (κ1) is 18.7. The van der Waals surface area contributed by atoms with Crippen LogP contribution in [-0.2, 0) is 9.59 Å². The minimum Gasteiger partial charge on any atom is -0.332 e. The molecule has 3 atom stereocenters. The number of benzene rings is 1. The first-order chi connectivity index (χ1) is 11.5. The van der Waals surface area contributed by atoms with Gasteiger partial charge in [-0.1, -0.05) is 36.7 Å². The van der Waals surface area contributed by atoms with Gasteiger partial charge >= 0.3 is 0 Å². The highest BCUT2D eigenvalue weighted by Crippen LogP contribution is 2.38. The van der Waals surface area contributed by atoms with E-state index in [-0.39, 0.29) is 29.7 Å². The molecule has 1 amide bonds. The van der Waals surface area contributed by atoms with Gasteiger partial charge in [0.2, 0.25) is 5.91 Å². The van der Waals surface area contributed by atoms with Crippen molar-refractivity contribution in [1.82, 2.24) is 4.90 Å². The van der Waals surface area contributed by atoms with E-state index in [9.17, 15) is 9.59 Å². The molecule has 1 aromatic carbocycles. The summed E-state index contributed by atoms with van der Waals surface area (Å²) in [6.07, 6.45) is 5.45. The lowest BCUT2D eigenvalue weighted by Crippen LogP contribution is -2.49. The highest BCUT2D eigenvalue weighted by Gasteiger charge is 2.39. The second-order valence-corrected chi connectivity index (χ2v) is 7.02. The minimum atomic E-state index is -0.0525. The number of halogens is 1. The molecule has 2 rings (SSSR count). The number of ketones is 1. The Morgan fingerprint density at radius 3 is 2.58 bits per heavy atom. The van der Waals surface area contributed by atoms with Gasteiger partial charge in [-0.05, 0) is 50.3 Å². The number of hydrogen-bond donors (Lipinski definition) is 0. The smallest absolute Gasteiger partial charge is 0.226 e. The van der Waals surface area contributed by atoms with Crippen LogP contribution in [0.2, 0.25) is 5.02 Å². The molecule has 1 fully saturated rings. The average molecular weight is 348 g/mol. The molecule has 1 heterocycles. The second kappa shape index (κ2) is 8.48. The minimum absolute atomic E-state index is 0.0140. The molecular weight excluding hydrogens is 322 g/mol. The molecule has 130 valence electrons. The van der Waals surface area contributed by atoms with Gasteiger partial charge in [0, 0.05) is 23.4 Å². The van der Waals surface area contributed by atoms with E-state index in [1.807, 2.05) is 42.2 Å². The number of hydrogen-bond acceptors (Lipinski definition) is 2. The summed E-state index contributed by atoms with van der Waals surface area (Å²) in [7, 11) is 0. The van der Waals surface area contributed by atoms with Crippen molar-refractivity contribution in [2.24, 2.45) is 5.92 Å². The predicted molar refractivity (Wildman–Crippen MR) is 98.0 cm³/mol. The van der Waals surface area contributed by atoms with Crippen molar-refractivity contribution in [1.29, 1.82) is 0 Å². The van der Waals surface area contributed by atoms with Crippen LogP contribution >= 0.6 is 11.6 Å². The number of nitrogens with zero attached hydrogens (tertiary/aromatic N) is 1. The zero-order valence-corrected chi connectivity index (χ0v) is 15.3. The number of carbonyl (C=O) groups excluding carboxylic acids is 2. The maximum Gasteiger partial charge on any atom is 0.226 e. The van der Waals surface area contributed by atoms with Crippen LogP contribution < -0.4 is 0 Å². The molecular formula is C20H26ClNO2. The summed E-state index contributed by atoms with van der Waals surface area (Å²) in [6.45, 7) is 7.41. The van der Waals surface area contributed by atoms with E-state index >= 15 is 0 Å². The number of amides is 1. The number of piperidine rings is 1. The SMILES string of the molecule is C=CC[C@H]1CC[C@@H](c2ccc(Cl)cc2)N([C@@H](CC)CC(C)=O)C1=O. The van der Waals surface area contributed by atoms with Crippen LogP contribution in [0.25, 0.3) is 0 Å². The van der Waals surface area contributed by atoms with E-state index in [0.29, 0.717) is 17.9 Å². The van der Waals surface area contributed by atoms with E-state index in [1.165, 1.54) is 0 Å². The van der Waals surface area contributed by atoms with Crippen molar-refractivity contribution < 1.29 is 9.59 Å². The average Bonchev–Trinajstić information content (AvgIpc) is 2.55. The van der Waals surface area contributed by atoms with E-state index in [0.717, 1.165) is 24.8 Å². The van der Waals surface area contributed by atoms with Crippen molar-refractivity contribution >= 4 is 23.3 Å². The molecule has 0 aliphatic carbocycles. The van der Waals surface area contributed by atoms with Crippen molar-refractivity contribution in [3.63, 3.8) is 0 Å². The summed E-state index contributed by atoms with van der Waals surface area (Å²) in [4.78, 5) is 26.7. The topological polar surface area (TPSA) is 37.4 Å². The van der Waals surface area contributed by atoms with Gasteiger partial charge in [0.1, 0.15) is 5.78 Å². The number of likely N-dealkylation sites (tertiary alicyclic amines) is 1. The first-order valence-corrected chi connectivity index (χ1v) is 9.03. The van der Waals surface area contributed by atoms with Crippen LogP contribution in [0.3, 0.4) is 0 Å². The molecule has 0 N–H and O–H groups in total. The van der Waals surface area contributed by atoms with Crippen LogP contribution in [0.5, 0.6) is 0 Å². The van der Waals surface area contributed by atoms with Crippen LogP contribution in [-0.4, -0.2) is 22.6 Å². The highest BCUT2D eigenvalue weighted by atomic mass is 35.5. The molecule has 0 spiro atoms. The predicted octanol–water partition coefficient (Wildman–Crippen LogP) is 4.95. The second-order valence-electron chi connectivity index (χ2n) is 6.58. The quantitative estimate of drug-likeness (QED) is 0.654. The van der Waals surface area contributed by atoms with Crippen LogP contribution in [0.4, 0.5) is 0 Å². The molecule has 1 aliphatic rings. The van der Waals surface area contributed by atoms with Gasteiger partial charge in [-0.25, -0.2) is 0 Å². The van der Waals surface area contributed by atoms with Crippen molar-refractivity contribution in [2.75, 3.05) is 0 Å². The van der Waals surface area contributed by atoms with Gasteiger partial charge in [0.05, 0.1) is 6.04 Å². The Morgan fingerprint density at radius 2 is 2.04 bits per heavy atom. The molecule has 4 heteroatoms. The fourth-order valence-electron chi connectivity index (χ4n) is 3.62. The van der Waals surface area contributed by atoms with Crippen LogP contribution in [0.1, 0.15) is 57.6 Å². The lowest BCUT2D eigenvalue weighted by molar-refractivity contribution is -0.146. The van der Waals surface area contributed by atoms with Gasteiger partial charge in [0.25, 0.3) is 0 Å². The number of carbonyl (C=O) groups is 2. The molecule has 0 saturated carbocycles. The zero-order chi connectivity index (χ0) is 17.7. The number of Topliss-reactive ketones (excluding diaryl/α,β-unsaturated/α-hetero) is 1. The standard InChI is InChI=1S/C20H26ClNO2/c1-4-6-16-9-12-19(15-7-10-17(21)11-8-15)22(20(16)24)18(5-2)13-14(3)23/h4,7-8,10-11,16,18-19H,1,5-6,9,12-13H2,2-3H3/t16-,18-,19-/m0/s1. The lowest BCUT2D eigenvalue weighted by Gasteiger charge is -2.44. The third-order valence-corrected chi connectivity index (χ3v) is 5.07. The summed E-state index contributed by atoms with van der Waals surface area (Å²) in [5, 5.41) is 0.688. The largest absolute Gasteiger partial charge is 0.332 e. The Morgan fingerprint density at radius 1 is 1.38 bits per heavy atom. The fraction of sp³-hybridized carbons (Fsp3) is 0.500. The summed E-state index contributed by atoms with van der Waals surface area (Å²) >= 11 is 6.00. The molecule has 0 unspecified atom stereocenters. The van der Waals surface area contributed by atoms with E-state index in [4.69, 9.17) is 11.6 Å².